The van der Waals surface area contributed by atoms with Crippen molar-refractivity contribution < 1.29 is 24.2 Å². The summed E-state index contributed by atoms with van der Waals surface area (Å²) in [6, 6.07) is -1.50. The van der Waals surface area contributed by atoms with E-state index in [4.69, 9.17) is 4.74 Å². The van der Waals surface area contributed by atoms with Crippen LogP contribution in [0.2, 0.25) is 0 Å². The van der Waals surface area contributed by atoms with E-state index in [1.165, 1.54) is 4.90 Å². The Labute approximate surface area is 197 Å². The van der Waals surface area contributed by atoms with Crippen molar-refractivity contribution in [1.82, 2.24) is 14.7 Å². The molecule has 8 heteroatoms. The average Bonchev–Trinajstić information content (AvgIpc) is 3.30. The zero-order chi connectivity index (χ0) is 24.9. The van der Waals surface area contributed by atoms with Gasteiger partial charge in [0.2, 0.25) is 17.7 Å². The number of carbonyl (C=O) groups is 3. The molecule has 3 heterocycles. The molecule has 3 aliphatic rings. The standard InChI is InChI=1S/C25H39N3O5/c1-9-13-26(8)20(30)17-18-21(31)28(16(3)15-29)19(25(18)12-11-24(17,7)33-25)22(32)27(14-10-2)23(4,5)6/h9-10,16-19,29H,1-2,11-15H2,3-8H3/t16-,17-,18+,19?,24+,25?/m1/s1. The number of fused-ring (bicyclic) bond motifs is 1. The molecule has 0 aromatic rings. The fourth-order valence-corrected chi connectivity index (χ4v) is 6.07. The van der Waals surface area contributed by atoms with Gasteiger partial charge in [0.25, 0.3) is 0 Å². The lowest BCUT2D eigenvalue weighted by atomic mass is 9.66. The molecule has 8 nitrogen and oxygen atoms in total. The number of nitrogens with zero attached hydrogens (tertiary/aromatic N) is 3. The molecule has 0 radical (unpaired) electrons. The summed E-state index contributed by atoms with van der Waals surface area (Å²) in [7, 11) is 1.69. The quantitative estimate of drug-likeness (QED) is 0.555. The van der Waals surface area contributed by atoms with Crippen LogP contribution in [-0.4, -0.2) is 93.1 Å². The third kappa shape index (κ3) is 3.71. The second kappa shape index (κ2) is 8.55. The molecule has 33 heavy (non-hydrogen) atoms. The number of aliphatic hydroxyl groups is 1. The maximum Gasteiger partial charge on any atom is 0.249 e. The van der Waals surface area contributed by atoms with E-state index in [2.05, 4.69) is 13.2 Å². The van der Waals surface area contributed by atoms with Crippen molar-refractivity contribution in [3.05, 3.63) is 25.3 Å². The maximum atomic E-state index is 14.1. The molecule has 0 aliphatic carbocycles. The molecule has 0 saturated carbocycles. The van der Waals surface area contributed by atoms with Crippen LogP contribution in [-0.2, 0) is 19.1 Å². The second-order valence-electron chi connectivity index (χ2n) is 10.9. The van der Waals surface area contributed by atoms with Gasteiger partial charge in [-0.15, -0.1) is 13.2 Å². The lowest BCUT2D eigenvalue weighted by Crippen LogP contribution is -2.61. The van der Waals surface area contributed by atoms with Crippen molar-refractivity contribution in [3.63, 3.8) is 0 Å². The Morgan fingerprint density at radius 2 is 1.85 bits per heavy atom. The number of likely N-dealkylation sites (tertiary alicyclic amines) is 1. The monoisotopic (exact) mass is 461 g/mol. The van der Waals surface area contributed by atoms with E-state index in [0.717, 1.165) is 0 Å². The van der Waals surface area contributed by atoms with Gasteiger partial charge < -0.3 is 24.5 Å². The van der Waals surface area contributed by atoms with E-state index in [9.17, 15) is 19.5 Å². The van der Waals surface area contributed by atoms with Gasteiger partial charge in [-0.25, -0.2) is 0 Å². The zero-order valence-corrected chi connectivity index (χ0v) is 20.8. The van der Waals surface area contributed by atoms with Crippen molar-refractivity contribution in [2.75, 3.05) is 26.7 Å². The van der Waals surface area contributed by atoms with Crippen molar-refractivity contribution in [3.8, 4) is 0 Å². The minimum absolute atomic E-state index is 0.180. The van der Waals surface area contributed by atoms with E-state index in [-0.39, 0.29) is 24.3 Å². The summed E-state index contributed by atoms with van der Waals surface area (Å²) in [4.78, 5) is 46.3. The summed E-state index contributed by atoms with van der Waals surface area (Å²) in [5.74, 6) is -2.19. The number of hydrogen-bond donors (Lipinski definition) is 1. The van der Waals surface area contributed by atoms with Crippen LogP contribution >= 0.6 is 0 Å². The molecule has 3 fully saturated rings. The van der Waals surface area contributed by atoms with E-state index in [1.807, 2.05) is 27.7 Å². The predicted octanol–water partition coefficient (Wildman–Crippen LogP) is 1.59. The first-order valence-electron chi connectivity index (χ1n) is 11.7. The number of hydrogen-bond acceptors (Lipinski definition) is 5. The van der Waals surface area contributed by atoms with E-state index in [0.29, 0.717) is 25.9 Å². The van der Waals surface area contributed by atoms with Gasteiger partial charge in [-0.05, 0) is 47.5 Å². The highest BCUT2D eigenvalue weighted by Gasteiger charge is 2.78. The summed E-state index contributed by atoms with van der Waals surface area (Å²) in [6.07, 6.45) is 4.40. The first-order chi connectivity index (χ1) is 15.3. The van der Waals surface area contributed by atoms with Gasteiger partial charge >= 0.3 is 0 Å². The van der Waals surface area contributed by atoms with Crippen LogP contribution < -0.4 is 0 Å². The third-order valence-electron chi connectivity index (χ3n) is 7.62. The maximum absolute atomic E-state index is 14.1. The minimum Gasteiger partial charge on any atom is -0.394 e. The first kappa shape index (κ1) is 25.4. The topological polar surface area (TPSA) is 90.4 Å². The molecular weight excluding hydrogens is 422 g/mol. The molecule has 3 rings (SSSR count). The molecule has 2 bridgehead atoms. The fraction of sp³-hybridized carbons (Fsp3) is 0.720. The predicted molar refractivity (Wildman–Crippen MR) is 125 cm³/mol. The Bertz CT molecular complexity index is 851. The van der Waals surface area contributed by atoms with E-state index in [1.54, 1.807) is 35.9 Å². The first-order valence-corrected chi connectivity index (χ1v) is 11.7. The van der Waals surface area contributed by atoms with Gasteiger partial charge in [-0.3, -0.25) is 14.4 Å². The SMILES string of the molecule is C=CCN(C)C(=O)[C@H]1[C@H]2C(=O)N([C@H](C)CO)C(C(=O)N(CC=C)C(C)(C)C)C23CC[C@]1(C)O3. The van der Waals surface area contributed by atoms with Crippen molar-refractivity contribution >= 4 is 17.7 Å². The number of carbonyl (C=O) groups excluding carboxylic acids is 3. The smallest absolute Gasteiger partial charge is 0.249 e. The Morgan fingerprint density at radius 1 is 1.24 bits per heavy atom. The third-order valence-corrected chi connectivity index (χ3v) is 7.62. The zero-order valence-electron chi connectivity index (χ0n) is 20.8. The average molecular weight is 462 g/mol. The summed E-state index contributed by atoms with van der Waals surface area (Å²) in [5, 5.41) is 9.97. The lowest BCUT2D eigenvalue weighted by Gasteiger charge is -2.43. The molecule has 3 saturated heterocycles. The lowest BCUT2D eigenvalue weighted by molar-refractivity contribution is -0.158. The molecular formula is C25H39N3O5. The highest BCUT2D eigenvalue weighted by molar-refractivity contribution is 5.99. The van der Waals surface area contributed by atoms with Crippen LogP contribution in [0.4, 0.5) is 0 Å². The van der Waals surface area contributed by atoms with Crippen LogP contribution in [0, 0.1) is 11.8 Å². The Hall–Kier alpha value is -2.19. The van der Waals surface area contributed by atoms with Gasteiger partial charge in [-0.2, -0.15) is 0 Å². The summed E-state index contributed by atoms with van der Waals surface area (Å²) in [5.41, 5.74) is -2.45. The Kier molecular flexibility index (Phi) is 6.59. The van der Waals surface area contributed by atoms with Crippen molar-refractivity contribution in [2.45, 2.75) is 76.3 Å². The van der Waals surface area contributed by atoms with Crippen LogP contribution in [0.1, 0.15) is 47.5 Å². The number of rotatable bonds is 8. The Morgan fingerprint density at radius 3 is 2.36 bits per heavy atom. The highest BCUT2D eigenvalue weighted by atomic mass is 16.5. The molecule has 3 amide bonds. The molecule has 1 spiro atoms. The molecule has 184 valence electrons. The largest absolute Gasteiger partial charge is 0.394 e. The number of ether oxygens (including phenoxy) is 1. The summed E-state index contributed by atoms with van der Waals surface area (Å²) >= 11 is 0. The molecule has 1 N–H and O–H groups in total. The van der Waals surface area contributed by atoms with Gasteiger partial charge in [0, 0.05) is 25.7 Å². The van der Waals surface area contributed by atoms with E-state index >= 15 is 0 Å². The number of amides is 3. The molecule has 2 unspecified atom stereocenters. The van der Waals surface area contributed by atoms with Gasteiger partial charge in [-0.1, -0.05) is 12.2 Å². The molecule has 0 aromatic carbocycles. The normalized spacial score (nSPS) is 33.6. The second-order valence-corrected chi connectivity index (χ2v) is 10.9. The Balaban J connectivity index is 2.14. The van der Waals surface area contributed by atoms with Gasteiger partial charge in [0.15, 0.2) is 0 Å². The van der Waals surface area contributed by atoms with Gasteiger partial charge in [0.1, 0.15) is 11.6 Å². The van der Waals surface area contributed by atoms with Crippen molar-refractivity contribution in [1.29, 1.82) is 0 Å². The van der Waals surface area contributed by atoms with Crippen LogP contribution in [0.5, 0.6) is 0 Å². The summed E-state index contributed by atoms with van der Waals surface area (Å²) < 4.78 is 6.61. The van der Waals surface area contributed by atoms with Crippen molar-refractivity contribution in [2.24, 2.45) is 11.8 Å². The van der Waals surface area contributed by atoms with Crippen LogP contribution in [0.3, 0.4) is 0 Å². The minimum atomic E-state index is -1.10. The number of aliphatic hydroxyl groups excluding tert-OH is 1. The van der Waals surface area contributed by atoms with Crippen LogP contribution in [0.15, 0.2) is 25.3 Å². The highest BCUT2D eigenvalue weighted by Crippen LogP contribution is 2.63. The fourth-order valence-electron chi connectivity index (χ4n) is 6.07. The number of likely N-dealkylation sites (N-methyl/N-ethyl adjacent to an activating group) is 1. The summed E-state index contributed by atoms with van der Waals surface area (Å²) in [6.45, 7) is 17.3. The molecule has 6 atom stereocenters. The van der Waals surface area contributed by atoms with Gasteiger partial charge in [0.05, 0.1) is 30.1 Å². The van der Waals surface area contributed by atoms with E-state index < -0.39 is 40.7 Å². The molecule has 3 aliphatic heterocycles. The van der Waals surface area contributed by atoms with Crippen LogP contribution in [0.25, 0.3) is 0 Å². The molecule has 0 aromatic heterocycles.